The largest absolute Gasteiger partial charge is 0.388 e. The molecular weight excluding hydrogens is 190 g/mol. The minimum Gasteiger partial charge on any atom is -0.388 e. The van der Waals surface area contributed by atoms with Crippen LogP contribution in [0.1, 0.15) is 51.7 Å². The zero-order valence-corrected chi connectivity index (χ0v) is 10.1. The molecule has 1 heterocycles. The summed E-state index contributed by atoms with van der Waals surface area (Å²) in [5.41, 5.74) is 0. The van der Waals surface area contributed by atoms with Gasteiger partial charge in [-0.05, 0) is 12.3 Å². The second-order valence-electron chi connectivity index (χ2n) is 4.45. The van der Waals surface area contributed by atoms with Crippen molar-refractivity contribution < 1.29 is 5.11 Å². The molecule has 0 spiro atoms. The van der Waals surface area contributed by atoms with E-state index < -0.39 is 0 Å². The van der Waals surface area contributed by atoms with Gasteiger partial charge in [0.15, 0.2) is 5.82 Å². The number of hydrogen-bond donors (Lipinski definition) is 1. The van der Waals surface area contributed by atoms with Crippen molar-refractivity contribution in [3.63, 3.8) is 0 Å². The van der Waals surface area contributed by atoms with Crippen molar-refractivity contribution in [2.24, 2.45) is 5.92 Å². The molecule has 1 N–H and O–H groups in total. The summed E-state index contributed by atoms with van der Waals surface area (Å²) in [5.74, 6) is 2.61. The second kappa shape index (κ2) is 5.26. The van der Waals surface area contributed by atoms with Gasteiger partial charge in [0, 0.05) is 12.5 Å². The van der Waals surface area contributed by atoms with Crippen molar-refractivity contribution in [1.29, 1.82) is 0 Å². The third-order valence-corrected chi connectivity index (χ3v) is 2.60. The lowest BCUT2D eigenvalue weighted by atomic mass is 10.1. The van der Waals surface area contributed by atoms with E-state index in [2.05, 4.69) is 42.5 Å². The molecule has 0 saturated carbocycles. The molecule has 0 aliphatic carbocycles. The molecule has 0 aromatic carbocycles. The van der Waals surface area contributed by atoms with E-state index in [1.165, 1.54) is 0 Å². The maximum absolute atomic E-state index is 9.18. The average Bonchev–Trinajstić information content (AvgIpc) is 2.59. The minimum atomic E-state index is -0.0316. The molecule has 0 saturated heterocycles. The number of aliphatic hydroxyl groups excluding tert-OH is 1. The van der Waals surface area contributed by atoms with E-state index >= 15 is 0 Å². The predicted octanol–water partition coefficient (Wildman–Crippen LogP) is 1.94. The number of aliphatic hydroxyl groups is 1. The number of hydrogen-bond acceptors (Lipinski definition) is 3. The summed E-state index contributed by atoms with van der Waals surface area (Å²) in [6.45, 7) is 9.43. The molecule has 15 heavy (non-hydrogen) atoms. The van der Waals surface area contributed by atoms with E-state index in [1.807, 2.05) is 0 Å². The first-order valence-electron chi connectivity index (χ1n) is 5.62. The lowest BCUT2D eigenvalue weighted by Gasteiger charge is -2.14. The van der Waals surface area contributed by atoms with Crippen LogP contribution in [-0.2, 0) is 13.2 Å². The van der Waals surface area contributed by atoms with Crippen molar-refractivity contribution in [3.05, 3.63) is 11.6 Å². The minimum absolute atomic E-state index is 0.0316. The van der Waals surface area contributed by atoms with Crippen LogP contribution < -0.4 is 0 Å². The number of rotatable bonds is 5. The van der Waals surface area contributed by atoms with E-state index in [0.717, 1.165) is 18.8 Å². The summed E-state index contributed by atoms with van der Waals surface area (Å²) < 4.78 is 2.05. The van der Waals surface area contributed by atoms with Gasteiger partial charge in [-0.1, -0.05) is 27.7 Å². The summed E-state index contributed by atoms with van der Waals surface area (Å²) in [7, 11) is 0. The molecule has 0 fully saturated rings. The highest BCUT2D eigenvalue weighted by Gasteiger charge is 2.16. The Morgan fingerprint density at radius 3 is 2.40 bits per heavy atom. The Morgan fingerprint density at radius 2 is 1.93 bits per heavy atom. The van der Waals surface area contributed by atoms with Gasteiger partial charge in [-0.3, -0.25) is 0 Å². The summed E-state index contributed by atoms with van der Waals surface area (Å²) in [6.07, 6.45) is 1.04. The molecular formula is C11H21N3O. The Morgan fingerprint density at radius 1 is 1.27 bits per heavy atom. The fourth-order valence-electron chi connectivity index (χ4n) is 1.58. The van der Waals surface area contributed by atoms with Crippen LogP contribution in [-0.4, -0.2) is 19.9 Å². The molecule has 1 aromatic rings. The highest BCUT2D eigenvalue weighted by atomic mass is 16.3. The molecule has 86 valence electrons. The highest BCUT2D eigenvalue weighted by molar-refractivity contribution is 5.00. The van der Waals surface area contributed by atoms with Gasteiger partial charge in [-0.2, -0.15) is 0 Å². The zero-order valence-electron chi connectivity index (χ0n) is 10.1. The van der Waals surface area contributed by atoms with Crippen molar-refractivity contribution in [2.45, 2.75) is 53.2 Å². The monoisotopic (exact) mass is 211 g/mol. The molecule has 0 radical (unpaired) electrons. The van der Waals surface area contributed by atoms with Crippen LogP contribution in [0.2, 0.25) is 0 Å². The van der Waals surface area contributed by atoms with Crippen LogP contribution in [0.15, 0.2) is 0 Å². The maximum Gasteiger partial charge on any atom is 0.158 e. The normalized spacial score (nSPS) is 13.5. The molecule has 4 heteroatoms. The van der Waals surface area contributed by atoms with Crippen molar-refractivity contribution in [1.82, 2.24) is 14.8 Å². The number of nitrogens with zero attached hydrogens (tertiary/aromatic N) is 3. The molecule has 0 aliphatic rings. The van der Waals surface area contributed by atoms with E-state index in [1.54, 1.807) is 0 Å². The first kappa shape index (κ1) is 12.2. The van der Waals surface area contributed by atoms with Gasteiger partial charge in [-0.15, -0.1) is 10.2 Å². The van der Waals surface area contributed by atoms with Crippen LogP contribution >= 0.6 is 0 Å². The maximum atomic E-state index is 9.18. The molecule has 1 atom stereocenters. The molecule has 1 unspecified atom stereocenters. The molecule has 1 rings (SSSR count). The fourth-order valence-corrected chi connectivity index (χ4v) is 1.58. The quantitative estimate of drug-likeness (QED) is 0.809. The first-order chi connectivity index (χ1) is 7.10. The highest BCUT2D eigenvalue weighted by Crippen LogP contribution is 2.18. The van der Waals surface area contributed by atoms with Gasteiger partial charge in [0.2, 0.25) is 0 Å². The van der Waals surface area contributed by atoms with Gasteiger partial charge in [-0.25, -0.2) is 0 Å². The van der Waals surface area contributed by atoms with E-state index in [9.17, 15) is 5.11 Å². The molecule has 0 bridgehead atoms. The third kappa shape index (κ3) is 2.78. The Kier molecular flexibility index (Phi) is 4.27. The van der Waals surface area contributed by atoms with Gasteiger partial charge in [0.05, 0.1) is 0 Å². The van der Waals surface area contributed by atoms with Crippen LogP contribution in [0.25, 0.3) is 0 Å². The summed E-state index contributed by atoms with van der Waals surface area (Å²) in [4.78, 5) is 0. The Balaban J connectivity index is 2.99. The van der Waals surface area contributed by atoms with Crippen LogP contribution in [0.5, 0.6) is 0 Å². The average molecular weight is 211 g/mol. The van der Waals surface area contributed by atoms with E-state index in [4.69, 9.17) is 0 Å². The van der Waals surface area contributed by atoms with Crippen LogP contribution in [0.4, 0.5) is 0 Å². The zero-order chi connectivity index (χ0) is 11.4. The summed E-state index contributed by atoms with van der Waals surface area (Å²) in [5, 5.41) is 17.4. The SMILES string of the molecule is CCC(C)c1nnc(CO)n1CC(C)C. The van der Waals surface area contributed by atoms with Gasteiger partial charge >= 0.3 is 0 Å². The van der Waals surface area contributed by atoms with Crippen molar-refractivity contribution >= 4 is 0 Å². The Labute approximate surface area is 91.3 Å². The predicted molar refractivity (Wildman–Crippen MR) is 59.5 cm³/mol. The lowest BCUT2D eigenvalue weighted by Crippen LogP contribution is -2.13. The molecule has 1 aromatic heterocycles. The standard InChI is InChI=1S/C11H21N3O/c1-5-9(4)11-13-12-10(7-15)14(11)6-8(2)3/h8-9,15H,5-7H2,1-4H3. The Hall–Kier alpha value is -0.900. The first-order valence-corrected chi connectivity index (χ1v) is 5.62. The Bertz CT molecular complexity index is 307. The molecule has 0 amide bonds. The summed E-state index contributed by atoms with van der Waals surface area (Å²) in [6, 6.07) is 0. The smallest absolute Gasteiger partial charge is 0.158 e. The molecule has 0 aliphatic heterocycles. The number of aromatic nitrogens is 3. The van der Waals surface area contributed by atoms with Gasteiger partial charge < -0.3 is 9.67 Å². The van der Waals surface area contributed by atoms with E-state index in [0.29, 0.717) is 17.7 Å². The van der Waals surface area contributed by atoms with Crippen LogP contribution in [0.3, 0.4) is 0 Å². The third-order valence-electron chi connectivity index (χ3n) is 2.60. The van der Waals surface area contributed by atoms with Crippen LogP contribution in [0, 0.1) is 5.92 Å². The second-order valence-corrected chi connectivity index (χ2v) is 4.45. The van der Waals surface area contributed by atoms with Gasteiger partial charge in [0.1, 0.15) is 12.4 Å². The lowest BCUT2D eigenvalue weighted by molar-refractivity contribution is 0.261. The van der Waals surface area contributed by atoms with Crippen molar-refractivity contribution in [3.8, 4) is 0 Å². The fraction of sp³-hybridized carbons (Fsp3) is 0.818. The summed E-state index contributed by atoms with van der Waals surface area (Å²) >= 11 is 0. The molecule has 4 nitrogen and oxygen atoms in total. The van der Waals surface area contributed by atoms with Crippen molar-refractivity contribution in [2.75, 3.05) is 0 Å². The van der Waals surface area contributed by atoms with E-state index in [-0.39, 0.29) is 6.61 Å². The topological polar surface area (TPSA) is 50.9 Å². The van der Waals surface area contributed by atoms with Gasteiger partial charge in [0.25, 0.3) is 0 Å².